The molecule has 1 aromatic carbocycles. The molecular formula is C16H19ClN4OS. The molecule has 1 aromatic heterocycles. The summed E-state index contributed by atoms with van der Waals surface area (Å²) in [5.74, 6) is 0. The van der Waals surface area contributed by atoms with Crippen LogP contribution in [0.5, 0.6) is 0 Å². The molecule has 2 N–H and O–H groups in total. The van der Waals surface area contributed by atoms with E-state index in [1.807, 2.05) is 0 Å². The zero-order valence-electron chi connectivity index (χ0n) is 12.7. The summed E-state index contributed by atoms with van der Waals surface area (Å²) < 4.78 is 0. The number of nitrogens with one attached hydrogen (secondary N) is 2. The van der Waals surface area contributed by atoms with E-state index in [1.54, 1.807) is 35.6 Å². The fourth-order valence-electron chi connectivity index (χ4n) is 2.48. The number of benzene rings is 1. The standard InChI is InChI=1S/C16H19ClN4OS/c17-12-3-5-13(6-4-12)19-15(22)18-8-7-14-11-23-16(20-14)21-9-1-2-10-21/h3-6,11H,1-2,7-10H2,(H2,18,19,22). The number of thiazole rings is 1. The summed E-state index contributed by atoms with van der Waals surface area (Å²) in [6.45, 7) is 2.77. The number of hydrogen-bond acceptors (Lipinski definition) is 4. The number of anilines is 2. The van der Waals surface area contributed by atoms with Crippen molar-refractivity contribution in [3.8, 4) is 0 Å². The Morgan fingerprint density at radius 1 is 1.26 bits per heavy atom. The molecule has 0 atom stereocenters. The van der Waals surface area contributed by atoms with Crippen molar-refractivity contribution in [3.63, 3.8) is 0 Å². The zero-order valence-corrected chi connectivity index (χ0v) is 14.3. The average Bonchev–Trinajstić information content (AvgIpc) is 3.20. The molecule has 0 saturated carbocycles. The van der Waals surface area contributed by atoms with Crippen LogP contribution in [0.2, 0.25) is 5.02 Å². The van der Waals surface area contributed by atoms with Crippen LogP contribution in [-0.4, -0.2) is 30.6 Å². The lowest BCUT2D eigenvalue weighted by Crippen LogP contribution is -2.30. The van der Waals surface area contributed by atoms with Gasteiger partial charge in [-0.3, -0.25) is 0 Å². The maximum atomic E-state index is 11.8. The lowest BCUT2D eigenvalue weighted by Gasteiger charge is -2.12. The first-order valence-electron chi connectivity index (χ1n) is 7.70. The van der Waals surface area contributed by atoms with E-state index in [4.69, 9.17) is 11.6 Å². The number of hydrogen-bond donors (Lipinski definition) is 2. The van der Waals surface area contributed by atoms with Crippen LogP contribution in [0, 0.1) is 0 Å². The molecule has 0 spiro atoms. The first kappa shape index (κ1) is 16.1. The predicted octanol–water partition coefficient (Wildman–Crippen LogP) is 3.76. The second-order valence-electron chi connectivity index (χ2n) is 5.45. The monoisotopic (exact) mass is 350 g/mol. The van der Waals surface area contributed by atoms with Crippen molar-refractivity contribution in [2.75, 3.05) is 29.9 Å². The largest absolute Gasteiger partial charge is 0.348 e. The zero-order chi connectivity index (χ0) is 16.1. The molecule has 1 aliphatic heterocycles. The lowest BCUT2D eigenvalue weighted by molar-refractivity contribution is 0.252. The Morgan fingerprint density at radius 2 is 2.00 bits per heavy atom. The fourth-order valence-corrected chi connectivity index (χ4v) is 3.52. The van der Waals surface area contributed by atoms with E-state index in [2.05, 4.69) is 25.9 Å². The lowest BCUT2D eigenvalue weighted by atomic mass is 10.3. The van der Waals surface area contributed by atoms with Crippen LogP contribution in [0.25, 0.3) is 0 Å². The van der Waals surface area contributed by atoms with Crippen LogP contribution in [-0.2, 0) is 6.42 Å². The van der Waals surface area contributed by atoms with Crippen LogP contribution < -0.4 is 15.5 Å². The van der Waals surface area contributed by atoms with Crippen molar-refractivity contribution in [1.82, 2.24) is 10.3 Å². The summed E-state index contributed by atoms with van der Waals surface area (Å²) in [6, 6.07) is 6.80. The van der Waals surface area contributed by atoms with Gasteiger partial charge in [0.2, 0.25) is 0 Å². The van der Waals surface area contributed by atoms with E-state index < -0.39 is 0 Å². The summed E-state index contributed by atoms with van der Waals surface area (Å²) >= 11 is 7.49. The maximum absolute atomic E-state index is 11.8. The van der Waals surface area contributed by atoms with Gasteiger partial charge in [0.25, 0.3) is 0 Å². The van der Waals surface area contributed by atoms with Crippen molar-refractivity contribution in [2.24, 2.45) is 0 Å². The van der Waals surface area contributed by atoms with Crippen LogP contribution in [0.15, 0.2) is 29.6 Å². The second-order valence-corrected chi connectivity index (χ2v) is 6.73. The van der Waals surface area contributed by atoms with E-state index in [0.29, 0.717) is 11.6 Å². The molecule has 7 heteroatoms. The highest BCUT2D eigenvalue weighted by Gasteiger charge is 2.15. The van der Waals surface area contributed by atoms with Crippen LogP contribution >= 0.6 is 22.9 Å². The number of aromatic nitrogens is 1. The third kappa shape index (κ3) is 4.59. The molecule has 1 fully saturated rings. The molecule has 5 nitrogen and oxygen atoms in total. The highest BCUT2D eigenvalue weighted by Crippen LogP contribution is 2.24. The smallest absolute Gasteiger partial charge is 0.319 e. The van der Waals surface area contributed by atoms with E-state index >= 15 is 0 Å². The number of halogens is 1. The van der Waals surface area contributed by atoms with Gasteiger partial charge in [-0.2, -0.15) is 0 Å². The number of nitrogens with zero attached hydrogens (tertiary/aromatic N) is 2. The minimum absolute atomic E-state index is 0.220. The number of rotatable bonds is 5. The van der Waals surface area contributed by atoms with Crippen molar-refractivity contribution in [3.05, 3.63) is 40.4 Å². The predicted molar refractivity (Wildman–Crippen MR) is 95.7 cm³/mol. The molecule has 122 valence electrons. The van der Waals surface area contributed by atoms with E-state index in [9.17, 15) is 4.79 Å². The first-order chi connectivity index (χ1) is 11.2. The van der Waals surface area contributed by atoms with Gasteiger partial charge in [-0.15, -0.1) is 11.3 Å². The average molecular weight is 351 g/mol. The van der Waals surface area contributed by atoms with Gasteiger partial charge in [0.15, 0.2) is 5.13 Å². The molecule has 3 rings (SSSR count). The summed E-state index contributed by atoms with van der Waals surface area (Å²) in [5.41, 5.74) is 1.75. The molecule has 0 bridgehead atoms. The minimum atomic E-state index is -0.220. The van der Waals surface area contributed by atoms with Crippen LogP contribution in [0.1, 0.15) is 18.5 Å². The van der Waals surface area contributed by atoms with Crippen LogP contribution in [0.3, 0.4) is 0 Å². The van der Waals surface area contributed by atoms with Gasteiger partial charge in [-0.05, 0) is 37.1 Å². The van der Waals surface area contributed by atoms with Gasteiger partial charge < -0.3 is 15.5 Å². The summed E-state index contributed by atoms with van der Waals surface area (Å²) in [5, 5.41) is 9.43. The molecule has 0 unspecified atom stereocenters. The Labute approximate surface area is 144 Å². The molecule has 2 amide bonds. The number of amides is 2. The van der Waals surface area contributed by atoms with Crippen molar-refractivity contribution in [2.45, 2.75) is 19.3 Å². The molecule has 0 aliphatic carbocycles. The second kappa shape index (κ2) is 7.66. The normalized spacial score (nSPS) is 14.0. The number of carbonyl (C=O) groups is 1. The molecule has 0 radical (unpaired) electrons. The molecule has 2 aromatic rings. The van der Waals surface area contributed by atoms with E-state index in [0.717, 1.165) is 36.0 Å². The Kier molecular flexibility index (Phi) is 5.35. The molecule has 2 heterocycles. The summed E-state index contributed by atoms with van der Waals surface area (Å²) in [4.78, 5) is 18.8. The minimum Gasteiger partial charge on any atom is -0.348 e. The summed E-state index contributed by atoms with van der Waals surface area (Å²) in [6.07, 6.45) is 3.24. The van der Waals surface area contributed by atoms with Gasteiger partial charge in [0.1, 0.15) is 0 Å². The molecule has 1 aliphatic rings. The van der Waals surface area contributed by atoms with Gasteiger partial charge in [-0.25, -0.2) is 9.78 Å². The highest BCUT2D eigenvalue weighted by atomic mass is 35.5. The van der Waals surface area contributed by atoms with Crippen LogP contribution in [0.4, 0.5) is 15.6 Å². The fraction of sp³-hybridized carbons (Fsp3) is 0.375. The first-order valence-corrected chi connectivity index (χ1v) is 8.96. The SMILES string of the molecule is O=C(NCCc1csc(N2CCCC2)n1)Nc1ccc(Cl)cc1. The number of urea groups is 1. The number of carbonyl (C=O) groups excluding carboxylic acids is 1. The van der Waals surface area contributed by atoms with Crippen molar-refractivity contribution < 1.29 is 4.79 Å². The van der Waals surface area contributed by atoms with Gasteiger partial charge in [0, 0.05) is 42.1 Å². The Hall–Kier alpha value is -1.79. The highest BCUT2D eigenvalue weighted by molar-refractivity contribution is 7.13. The topological polar surface area (TPSA) is 57.3 Å². The third-order valence-corrected chi connectivity index (χ3v) is 4.89. The molecular weight excluding hydrogens is 332 g/mol. The summed E-state index contributed by atoms with van der Waals surface area (Å²) in [7, 11) is 0. The third-order valence-electron chi connectivity index (χ3n) is 3.68. The molecule has 23 heavy (non-hydrogen) atoms. The molecule has 1 saturated heterocycles. The van der Waals surface area contributed by atoms with Gasteiger partial charge >= 0.3 is 6.03 Å². The Bertz CT molecular complexity index is 652. The quantitative estimate of drug-likeness (QED) is 0.863. The Balaban J connectivity index is 1.42. The maximum Gasteiger partial charge on any atom is 0.319 e. The van der Waals surface area contributed by atoms with Gasteiger partial charge in [0.05, 0.1) is 5.69 Å². The van der Waals surface area contributed by atoms with Crippen molar-refractivity contribution in [1.29, 1.82) is 0 Å². The van der Waals surface area contributed by atoms with E-state index in [1.165, 1.54) is 12.8 Å². The van der Waals surface area contributed by atoms with Gasteiger partial charge in [-0.1, -0.05) is 11.6 Å². The Morgan fingerprint density at radius 3 is 2.74 bits per heavy atom. The van der Waals surface area contributed by atoms with Crippen molar-refractivity contribution >= 4 is 39.8 Å². The van der Waals surface area contributed by atoms with E-state index in [-0.39, 0.29) is 6.03 Å².